The summed E-state index contributed by atoms with van der Waals surface area (Å²) in [6, 6.07) is 3.73. The van der Waals surface area contributed by atoms with E-state index in [1.807, 2.05) is 12.1 Å². The summed E-state index contributed by atoms with van der Waals surface area (Å²) in [4.78, 5) is 20.9. The number of morpholine rings is 1. The Kier molecular flexibility index (Phi) is 7.02. The number of urea groups is 1. The first-order valence-corrected chi connectivity index (χ1v) is 9.22. The Morgan fingerprint density at radius 3 is 2.84 bits per heavy atom. The fourth-order valence-corrected chi connectivity index (χ4v) is 3.37. The highest BCUT2D eigenvalue weighted by molar-refractivity contribution is 5.73. The van der Waals surface area contributed by atoms with Crippen molar-refractivity contribution in [3.8, 4) is 0 Å². The molecule has 0 aromatic carbocycles. The quantitative estimate of drug-likeness (QED) is 0.753. The van der Waals surface area contributed by atoms with Crippen molar-refractivity contribution in [1.82, 2.24) is 25.4 Å². The van der Waals surface area contributed by atoms with Crippen molar-refractivity contribution in [2.75, 3.05) is 59.0 Å². The van der Waals surface area contributed by atoms with Crippen LogP contribution in [0.2, 0.25) is 0 Å². The minimum absolute atomic E-state index is 0.101. The van der Waals surface area contributed by atoms with Crippen molar-refractivity contribution in [1.29, 1.82) is 0 Å². The first kappa shape index (κ1) is 18.1. The topological polar surface area (TPSA) is 69.7 Å². The lowest BCUT2D eigenvalue weighted by Gasteiger charge is -2.28. The Labute approximate surface area is 149 Å². The van der Waals surface area contributed by atoms with Crippen molar-refractivity contribution in [2.24, 2.45) is 5.92 Å². The highest BCUT2D eigenvalue weighted by Gasteiger charge is 2.23. The molecule has 0 spiro atoms. The lowest BCUT2D eigenvalue weighted by molar-refractivity contribution is 0.0343. The number of rotatable bonds is 7. The summed E-state index contributed by atoms with van der Waals surface area (Å²) < 4.78 is 5.39. The van der Waals surface area contributed by atoms with Gasteiger partial charge in [0.15, 0.2) is 0 Å². The van der Waals surface area contributed by atoms with Gasteiger partial charge < -0.3 is 20.3 Å². The maximum Gasteiger partial charge on any atom is 0.315 e. The number of hydrogen-bond donors (Lipinski definition) is 2. The zero-order valence-corrected chi connectivity index (χ0v) is 14.8. The van der Waals surface area contributed by atoms with Gasteiger partial charge in [-0.05, 0) is 30.5 Å². The number of aromatic nitrogens is 1. The number of pyridine rings is 1. The molecule has 1 atom stereocenters. The van der Waals surface area contributed by atoms with Crippen molar-refractivity contribution in [3.05, 3.63) is 30.1 Å². The van der Waals surface area contributed by atoms with E-state index >= 15 is 0 Å². The summed E-state index contributed by atoms with van der Waals surface area (Å²) in [5.41, 5.74) is 1.01. The zero-order valence-electron chi connectivity index (χ0n) is 14.8. The van der Waals surface area contributed by atoms with E-state index in [-0.39, 0.29) is 6.03 Å². The number of amides is 2. The van der Waals surface area contributed by atoms with Crippen LogP contribution < -0.4 is 10.6 Å². The Bertz CT molecular complexity index is 521. The number of nitrogens with zero attached hydrogens (tertiary/aromatic N) is 3. The van der Waals surface area contributed by atoms with Crippen LogP contribution in [0.1, 0.15) is 12.0 Å². The van der Waals surface area contributed by atoms with E-state index in [4.69, 9.17) is 4.74 Å². The molecule has 2 aliphatic rings. The van der Waals surface area contributed by atoms with Gasteiger partial charge >= 0.3 is 6.03 Å². The van der Waals surface area contributed by atoms with E-state index in [2.05, 4.69) is 25.4 Å². The van der Waals surface area contributed by atoms with Crippen LogP contribution in [-0.4, -0.2) is 79.8 Å². The van der Waals surface area contributed by atoms with E-state index in [1.165, 1.54) is 0 Å². The molecule has 2 aliphatic heterocycles. The van der Waals surface area contributed by atoms with Gasteiger partial charge in [0, 0.05) is 58.2 Å². The Balaban J connectivity index is 1.27. The fourth-order valence-electron chi connectivity index (χ4n) is 3.37. The van der Waals surface area contributed by atoms with Crippen LogP contribution in [0.25, 0.3) is 0 Å². The van der Waals surface area contributed by atoms with Crippen LogP contribution in [0.4, 0.5) is 4.79 Å². The summed E-state index contributed by atoms with van der Waals surface area (Å²) in [5, 5.41) is 5.88. The van der Waals surface area contributed by atoms with Crippen molar-refractivity contribution in [2.45, 2.75) is 13.0 Å². The molecule has 25 heavy (non-hydrogen) atoms. The molecule has 138 valence electrons. The standard InChI is InChI=1S/C18H29N5O2/c24-18(20-13-16-2-1-4-19-12-16)21-14-17-3-5-23(15-17)7-6-22-8-10-25-11-9-22/h1-2,4,12,17H,3,5-11,13-15H2,(H2,20,21,24)/t17-/m0/s1. The number of carbonyl (C=O) groups excluding carboxylic acids is 1. The first-order valence-electron chi connectivity index (χ1n) is 9.22. The van der Waals surface area contributed by atoms with Crippen LogP contribution in [0.15, 0.2) is 24.5 Å². The van der Waals surface area contributed by atoms with Crippen LogP contribution in [0.5, 0.6) is 0 Å². The molecule has 2 amide bonds. The molecule has 2 fully saturated rings. The highest BCUT2D eigenvalue weighted by Crippen LogP contribution is 2.15. The predicted molar refractivity (Wildman–Crippen MR) is 96.3 cm³/mol. The van der Waals surface area contributed by atoms with Crippen LogP contribution in [-0.2, 0) is 11.3 Å². The molecule has 0 radical (unpaired) electrons. The molecule has 0 bridgehead atoms. The molecule has 1 aromatic rings. The SMILES string of the molecule is O=C(NCc1cccnc1)NC[C@@H]1CCN(CCN2CCOCC2)C1. The number of ether oxygens (including phenoxy) is 1. The second-order valence-electron chi connectivity index (χ2n) is 6.83. The van der Waals surface area contributed by atoms with E-state index in [1.54, 1.807) is 12.4 Å². The van der Waals surface area contributed by atoms with Crippen molar-refractivity contribution >= 4 is 6.03 Å². The minimum atomic E-state index is -0.101. The van der Waals surface area contributed by atoms with E-state index < -0.39 is 0 Å². The fraction of sp³-hybridized carbons (Fsp3) is 0.667. The van der Waals surface area contributed by atoms with Gasteiger partial charge in [-0.15, -0.1) is 0 Å². The largest absolute Gasteiger partial charge is 0.379 e. The molecule has 0 saturated carbocycles. The lowest BCUT2D eigenvalue weighted by Crippen LogP contribution is -2.41. The zero-order chi connectivity index (χ0) is 17.3. The average Bonchev–Trinajstić information content (AvgIpc) is 3.13. The summed E-state index contributed by atoms with van der Waals surface area (Å²) in [7, 11) is 0. The second-order valence-corrected chi connectivity index (χ2v) is 6.83. The third-order valence-corrected chi connectivity index (χ3v) is 4.93. The van der Waals surface area contributed by atoms with Gasteiger partial charge in [0.25, 0.3) is 0 Å². The summed E-state index contributed by atoms with van der Waals surface area (Å²) in [5.74, 6) is 0.550. The van der Waals surface area contributed by atoms with Gasteiger partial charge in [0.05, 0.1) is 13.2 Å². The van der Waals surface area contributed by atoms with Gasteiger partial charge in [-0.2, -0.15) is 0 Å². The van der Waals surface area contributed by atoms with Crippen LogP contribution >= 0.6 is 0 Å². The van der Waals surface area contributed by atoms with Gasteiger partial charge in [0.2, 0.25) is 0 Å². The molecule has 7 nitrogen and oxygen atoms in total. The molecule has 7 heteroatoms. The number of hydrogen-bond acceptors (Lipinski definition) is 5. The molecular weight excluding hydrogens is 318 g/mol. The second kappa shape index (κ2) is 9.70. The first-order chi connectivity index (χ1) is 12.3. The number of likely N-dealkylation sites (tertiary alicyclic amines) is 1. The van der Waals surface area contributed by atoms with Crippen molar-refractivity contribution in [3.63, 3.8) is 0 Å². The monoisotopic (exact) mass is 347 g/mol. The smallest absolute Gasteiger partial charge is 0.315 e. The van der Waals surface area contributed by atoms with E-state index in [9.17, 15) is 4.79 Å². The number of nitrogens with one attached hydrogen (secondary N) is 2. The Hall–Kier alpha value is -1.70. The molecule has 0 aliphatic carbocycles. The molecule has 3 heterocycles. The maximum absolute atomic E-state index is 11.9. The van der Waals surface area contributed by atoms with Crippen LogP contribution in [0, 0.1) is 5.92 Å². The minimum Gasteiger partial charge on any atom is -0.379 e. The van der Waals surface area contributed by atoms with Crippen molar-refractivity contribution < 1.29 is 9.53 Å². The third-order valence-electron chi connectivity index (χ3n) is 4.93. The highest BCUT2D eigenvalue weighted by atomic mass is 16.5. The van der Waals surface area contributed by atoms with E-state index in [0.29, 0.717) is 12.5 Å². The average molecular weight is 347 g/mol. The molecular formula is C18H29N5O2. The molecule has 2 saturated heterocycles. The molecule has 1 aromatic heterocycles. The Morgan fingerprint density at radius 1 is 1.20 bits per heavy atom. The van der Waals surface area contributed by atoms with Gasteiger partial charge in [-0.1, -0.05) is 6.07 Å². The summed E-state index contributed by atoms with van der Waals surface area (Å²) in [6.45, 7) is 9.52. The normalized spacial score (nSPS) is 22.0. The van der Waals surface area contributed by atoms with Crippen LogP contribution in [0.3, 0.4) is 0 Å². The van der Waals surface area contributed by atoms with Gasteiger partial charge in [-0.25, -0.2) is 4.79 Å². The summed E-state index contributed by atoms with van der Waals surface area (Å²) >= 11 is 0. The van der Waals surface area contributed by atoms with Gasteiger partial charge in [0.1, 0.15) is 0 Å². The molecule has 3 rings (SSSR count). The van der Waals surface area contributed by atoms with E-state index in [0.717, 1.165) is 71.0 Å². The molecule has 0 unspecified atom stereocenters. The summed E-state index contributed by atoms with van der Waals surface area (Å²) in [6.07, 6.45) is 4.66. The lowest BCUT2D eigenvalue weighted by atomic mass is 10.1. The Morgan fingerprint density at radius 2 is 2.04 bits per heavy atom. The maximum atomic E-state index is 11.9. The van der Waals surface area contributed by atoms with Gasteiger partial charge in [-0.3, -0.25) is 9.88 Å². The molecule has 2 N–H and O–H groups in total. The third kappa shape index (κ3) is 6.26. The predicted octanol–water partition coefficient (Wildman–Crippen LogP) is 0.535. The number of carbonyl (C=O) groups is 1.